The number of piperazine rings is 1. The SMILES string of the molecule is CN1CCN(c2cccc3cc(S(=O)c4ccccc4)cnc23)CC1. The molecule has 1 atom stereocenters. The van der Waals surface area contributed by atoms with Crippen LogP contribution in [-0.2, 0) is 10.8 Å². The zero-order chi connectivity index (χ0) is 17.2. The topological polar surface area (TPSA) is 36.4 Å². The molecule has 3 aromatic rings. The number of fused-ring (bicyclic) bond motifs is 1. The molecule has 4 rings (SSSR count). The quantitative estimate of drug-likeness (QED) is 0.726. The Balaban J connectivity index is 1.69. The van der Waals surface area contributed by atoms with Gasteiger partial charge in [-0.2, -0.15) is 0 Å². The highest BCUT2D eigenvalue weighted by molar-refractivity contribution is 7.85. The van der Waals surface area contributed by atoms with Crippen molar-refractivity contribution in [1.82, 2.24) is 9.88 Å². The fraction of sp³-hybridized carbons (Fsp3) is 0.250. The first-order valence-corrected chi connectivity index (χ1v) is 9.66. The smallest absolute Gasteiger partial charge is 0.0936 e. The van der Waals surface area contributed by atoms with Gasteiger partial charge in [-0.05, 0) is 31.3 Å². The molecule has 0 N–H and O–H groups in total. The van der Waals surface area contributed by atoms with Crippen molar-refractivity contribution in [3.63, 3.8) is 0 Å². The van der Waals surface area contributed by atoms with Crippen molar-refractivity contribution < 1.29 is 4.21 Å². The van der Waals surface area contributed by atoms with Crippen LogP contribution in [0.3, 0.4) is 0 Å². The lowest BCUT2D eigenvalue weighted by Gasteiger charge is -2.34. The van der Waals surface area contributed by atoms with Gasteiger partial charge in [0.15, 0.2) is 0 Å². The molecular weight excluding hydrogens is 330 g/mol. The van der Waals surface area contributed by atoms with Gasteiger partial charge in [0.05, 0.1) is 26.9 Å². The molecule has 0 amide bonds. The highest BCUT2D eigenvalue weighted by Gasteiger charge is 2.17. The Labute approximate surface area is 150 Å². The molecule has 128 valence electrons. The highest BCUT2D eigenvalue weighted by Crippen LogP contribution is 2.28. The minimum atomic E-state index is -1.20. The molecule has 0 bridgehead atoms. The van der Waals surface area contributed by atoms with Crippen molar-refractivity contribution in [1.29, 1.82) is 0 Å². The summed E-state index contributed by atoms with van der Waals surface area (Å²) in [5, 5.41) is 1.04. The zero-order valence-electron chi connectivity index (χ0n) is 14.3. The number of hydrogen-bond acceptors (Lipinski definition) is 4. The van der Waals surface area contributed by atoms with E-state index in [2.05, 4.69) is 34.0 Å². The standard InChI is InChI=1S/C20H21N3OS/c1-22-10-12-23(13-11-22)19-9-5-6-16-14-18(15-21-20(16)19)25(24)17-7-3-2-4-8-17/h2-9,14-15H,10-13H2,1H3. The van der Waals surface area contributed by atoms with Crippen LogP contribution in [-0.4, -0.2) is 47.3 Å². The van der Waals surface area contributed by atoms with E-state index in [1.54, 1.807) is 6.20 Å². The van der Waals surface area contributed by atoms with Crippen LogP contribution in [0.15, 0.2) is 70.6 Å². The molecule has 2 heterocycles. The Hall–Kier alpha value is -2.24. The van der Waals surface area contributed by atoms with Crippen molar-refractivity contribution in [2.45, 2.75) is 9.79 Å². The summed E-state index contributed by atoms with van der Waals surface area (Å²) in [5.74, 6) is 0. The summed E-state index contributed by atoms with van der Waals surface area (Å²) in [7, 11) is 0.955. The zero-order valence-corrected chi connectivity index (χ0v) is 15.1. The number of benzene rings is 2. The average molecular weight is 351 g/mol. The Morgan fingerprint density at radius 3 is 2.44 bits per heavy atom. The Bertz CT molecular complexity index is 905. The number of nitrogens with zero attached hydrogens (tertiary/aromatic N) is 3. The summed E-state index contributed by atoms with van der Waals surface area (Å²) in [6.45, 7) is 4.14. The van der Waals surface area contributed by atoms with E-state index in [-0.39, 0.29) is 0 Å². The van der Waals surface area contributed by atoms with E-state index in [0.29, 0.717) is 0 Å². The van der Waals surface area contributed by atoms with E-state index >= 15 is 0 Å². The monoisotopic (exact) mass is 351 g/mol. The third-order valence-electron chi connectivity index (χ3n) is 4.68. The number of pyridine rings is 1. The first kappa shape index (κ1) is 16.2. The van der Waals surface area contributed by atoms with Crippen LogP contribution in [0.2, 0.25) is 0 Å². The first-order valence-electron chi connectivity index (χ1n) is 8.51. The van der Waals surface area contributed by atoms with Gasteiger partial charge >= 0.3 is 0 Å². The van der Waals surface area contributed by atoms with E-state index < -0.39 is 10.8 Å². The molecule has 0 spiro atoms. The van der Waals surface area contributed by atoms with Crippen molar-refractivity contribution in [3.8, 4) is 0 Å². The van der Waals surface area contributed by atoms with Gasteiger partial charge in [-0.1, -0.05) is 30.3 Å². The Kier molecular flexibility index (Phi) is 4.51. The van der Waals surface area contributed by atoms with Crippen molar-refractivity contribution in [2.75, 3.05) is 38.1 Å². The minimum absolute atomic E-state index is 0.745. The summed E-state index contributed by atoms with van der Waals surface area (Å²) in [5.41, 5.74) is 2.16. The number of aromatic nitrogens is 1. The highest BCUT2D eigenvalue weighted by atomic mass is 32.2. The van der Waals surface area contributed by atoms with E-state index in [1.165, 1.54) is 5.69 Å². The Morgan fingerprint density at radius 2 is 1.68 bits per heavy atom. The van der Waals surface area contributed by atoms with E-state index in [4.69, 9.17) is 0 Å². The summed E-state index contributed by atoms with van der Waals surface area (Å²) >= 11 is 0. The normalized spacial score (nSPS) is 16.9. The van der Waals surface area contributed by atoms with Gasteiger partial charge < -0.3 is 9.80 Å². The molecule has 5 heteroatoms. The number of likely N-dealkylation sites (N-methyl/N-ethyl adjacent to an activating group) is 1. The summed E-state index contributed by atoms with van der Waals surface area (Å²) < 4.78 is 12.8. The summed E-state index contributed by atoms with van der Waals surface area (Å²) in [4.78, 5) is 11.0. The maximum Gasteiger partial charge on any atom is 0.0936 e. The molecule has 0 saturated carbocycles. The van der Waals surface area contributed by atoms with Gasteiger partial charge in [-0.25, -0.2) is 4.21 Å². The lowest BCUT2D eigenvalue weighted by atomic mass is 10.1. The largest absolute Gasteiger partial charge is 0.367 e. The van der Waals surface area contributed by atoms with Gasteiger partial charge in [0.1, 0.15) is 0 Å². The van der Waals surface area contributed by atoms with E-state index in [9.17, 15) is 4.21 Å². The molecule has 1 aliphatic rings. The van der Waals surface area contributed by atoms with E-state index in [1.807, 2.05) is 42.5 Å². The molecule has 1 unspecified atom stereocenters. The van der Waals surface area contributed by atoms with Crippen LogP contribution in [0, 0.1) is 0 Å². The number of rotatable bonds is 3. The second kappa shape index (κ2) is 6.94. The van der Waals surface area contributed by atoms with Crippen molar-refractivity contribution in [3.05, 3.63) is 60.8 Å². The number of para-hydroxylation sites is 1. The average Bonchev–Trinajstić information content (AvgIpc) is 2.68. The van der Waals surface area contributed by atoms with Crippen LogP contribution in [0.1, 0.15) is 0 Å². The predicted molar refractivity (Wildman–Crippen MR) is 103 cm³/mol. The molecule has 0 radical (unpaired) electrons. The second-order valence-corrected chi connectivity index (χ2v) is 7.87. The van der Waals surface area contributed by atoms with Crippen LogP contribution in [0.4, 0.5) is 5.69 Å². The maximum absolute atomic E-state index is 12.8. The molecule has 1 fully saturated rings. The van der Waals surface area contributed by atoms with Crippen molar-refractivity contribution >= 4 is 27.4 Å². The fourth-order valence-electron chi connectivity index (χ4n) is 3.21. The molecule has 4 nitrogen and oxygen atoms in total. The van der Waals surface area contributed by atoms with Gasteiger partial charge in [-0.15, -0.1) is 0 Å². The third kappa shape index (κ3) is 3.30. The van der Waals surface area contributed by atoms with Crippen LogP contribution < -0.4 is 4.90 Å². The van der Waals surface area contributed by atoms with Gasteiger partial charge in [0.2, 0.25) is 0 Å². The van der Waals surface area contributed by atoms with Crippen LogP contribution in [0.25, 0.3) is 10.9 Å². The predicted octanol–water partition coefficient (Wildman–Crippen LogP) is 3.15. The molecule has 2 aromatic carbocycles. The number of hydrogen-bond donors (Lipinski definition) is 0. The van der Waals surface area contributed by atoms with Crippen molar-refractivity contribution in [2.24, 2.45) is 0 Å². The molecule has 0 aliphatic carbocycles. The minimum Gasteiger partial charge on any atom is -0.367 e. The van der Waals surface area contributed by atoms with Gasteiger partial charge in [0, 0.05) is 42.7 Å². The van der Waals surface area contributed by atoms with Crippen LogP contribution in [0.5, 0.6) is 0 Å². The maximum atomic E-state index is 12.8. The molecule has 1 aromatic heterocycles. The van der Waals surface area contributed by atoms with E-state index in [0.717, 1.165) is 46.9 Å². The molecule has 1 saturated heterocycles. The molecule has 1 aliphatic heterocycles. The molecule has 25 heavy (non-hydrogen) atoms. The second-order valence-electron chi connectivity index (χ2n) is 6.39. The third-order valence-corrected chi connectivity index (χ3v) is 6.03. The fourth-order valence-corrected chi connectivity index (χ4v) is 4.27. The summed E-state index contributed by atoms with van der Waals surface area (Å²) in [6, 6.07) is 17.8. The van der Waals surface area contributed by atoms with Crippen LogP contribution >= 0.6 is 0 Å². The first-order chi connectivity index (χ1) is 12.2. The van der Waals surface area contributed by atoms with Gasteiger partial charge in [0.25, 0.3) is 0 Å². The lowest BCUT2D eigenvalue weighted by Crippen LogP contribution is -2.44. The lowest BCUT2D eigenvalue weighted by molar-refractivity contribution is 0.313. The Morgan fingerprint density at radius 1 is 0.920 bits per heavy atom. The molecular formula is C20H21N3OS. The number of anilines is 1. The summed E-state index contributed by atoms with van der Waals surface area (Å²) in [6.07, 6.45) is 1.75. The van der Waals surface area contributed by atoms with Gasteiger partial charge in [-0.3, -0.25) is 4.98 Å².